The summed E-state index contributed by atoms with van der Waals surface area (Å²) in [6.45, 7) is 2.76. The van der Waals surface area contributed by atoms with Gasteiger partial charge in [0.05, 0.1) is 17.2 Å². The zero-order valence-corrected chi connectivity index (χ0v) is 7.64. The van der Waals surface area contributed by atoms with Gasteiger partial charge < -0.3 is 15.2 Å². The van der Waals surface area contributed by atoms with Crippen molar-refractivity contribution in [1.82, 2.24) is 10.2 Å². The van der Waals surface area contributed by atoms with E-state index in [-0.39, 0.29) is 11.4 Å². The largest absolute Gasteiger partial charge is 0.481 e. The first-order valence-corrected chi connectivity index (χ1v) is 3.79. The van der Waals surface area contributed by atoms with Gasteiger partial charge >= 0.3 is 11.8 Å². The molecule has 14 heavy (non-hydrogen) atoms. The number of nitrogens with zero attached hydrogens (tertiary/aromatic N) is 2. The van der Waals surface area contributed by atoms with Crippen LogP contribution < -0.4 is 0 Å². The fourth-order valence-corrected chi connectivity index (χ4v) is 0.991. The smallest absolute Gasteiger partial charge is 0.346 e. The molecule has 0 aromatic carbocycles. The van der Waals surface area contributed by atoms with E-state index in [2.05, 4.69) is 10.2 Å². The van der Waals surface area contributed by atoms with Crippen LogP contribution in [0.15, 0.2) is 6.20 Å². The second-order valence-corrected chi connectivity index (χ2v) is 3.32. The third-order valence-corrected chi connectivity index (χ3v) is 2.01. The molecule has 1 aromatic heterocycles. The van der Waals surface area contributed by atoms with Crippen LogP contribution in [0.25, 0.3) is 0 Å². The van der Waals surface area contributed by atoms with Gasteiger partial charge in [0.15, 0.2) is 0 Å². The Morgan fingerprint density at radius 3 is 2.71 bits per heavy atom. The molecular weight excluding hydrogens is 190 g/mol. The van der Waals surface area contributed by atoms with Crippen LogP contribution >= 0.6 is 0 Å². The van der Waals surface area contributed by atoms with Gasteiger partial charge in [-0.15, -0.1) is 5.10 Å². The number of nitrogens with one attached hydrogen (secondary N) is 1. The molecule has 0 aliphatic rings. The Bertz CT molecular complexity index is 382. The van der Waals surface area contributed by atoms with Crippen LogP contribution in [0.4, 0.5) is 5.82 Å². The van der Waals surface area contributed by atoms with Gasteiger partial charge in [-0.3, -0.25) is 4.79 Å². The Kier molecular flexibility index (Phi) is 2.24. The fourth-order valence-electron chi connectivity index (χ4n) is 0.991. The number of nitro groups is 1. The summed E-state index contributed by atoms with van der Waals surface area (Å²) >= 11 is 0. The molecule has 0 radical (unpaired) electrons. The minimum Gasteiger partial charge on any atom is -0.481 e. The zero-order valence-electron chi connectivity index (χ0n) is 7.64. The average molecular weight is 199 g/mol. The highest BCUT2D eigenvalue weighted by Gasteiger charge is 2.37. The van der Waals surface area contributed by atoms with E-state index >= 15 is 0 Å². The van der Waals surface area contributed by atoms with E-state index in [0.717, 1.165) is 6.20 Å². The number of aromatic amines is 1. The Hall–Kier alpha value is -1.92. The standard InChI is InChI=1S/C7H9N3O4/c1-7(2,6(11)12)4-3-8-9-5(4)10(13)14/h3H,1-2H3,(H,8,9)(H,11,12). The van der Waals surface area contributed by atoms with E-state index in [9.17, 15) is 14.9 Å². The number of aliphatic carboxylic acids is 1. The summed E-state index contributed by atoms with van der Waals surface area (Å²) in [7, 11) is 0. The number of H-pyrrole nitrogens is 1. The molecule has 76 valence electrons. The normalized spacial score (nSPS) is 11.3. The van der Waals surface area contributed by atoms with E-state index < -0.39 is 16.3 Å². The first kappa shape index (κ1) is 10.2. The van der Waals surface area contributed by atoms with Gasteiger partial charge in [-0.2, -0.15) is 0 Å². The quantitative estimate of drug-likeness (QED) is 0.549. The summed E-state index contributed by atoms with van der Waals surface area (Å²) in [6, 6.07) is 0. The molecule has 0 spiro atoms. The SMILES string of the molecule is CC(C)(C(=O)O)c1cn[nH]c1[N+](=O)[O-]. The predicted molar refractivity (Wildman–Crippen MR) is 45.9 cm³/mol. The monoisotopic (exact) mass is 199 g/mol. The Balaban J connectivity index is 3.25. The van der Waals surface area contributed by atoms with E-state index in [4.69, 9.17) is 5.11 Å². The Morgan fingerprint density at radius 2 is 2.29 bits per heavy atom. The van der Waals surface area contributed by atoms with Crippen LogP contribution in [0, 0.1) is 10.1 Å². The lowest BCUT2D eigenvalue weighted by molar-refractivity contribution is -0.390. The molecule has 1 aromatic rings. The molecule has 0 saturated heterocycles. The third-order valence-electron chi connectivity index (χ3n) is 2.01. The summed E-state index contributed by atoms with van der Waals surface area (Å²) in [5.74, 6) is -1.51. The van der Waals surface area contributed by atoms with Crippen molar-refractivity contribution in [2.24, 2.45) is 0 Å². The van der Waals surface area contributed by atoms with Crippen molar-refractivity contribution in [3.05, 3.63) is 21.9 Å². The van der Waals surface area contributed by atoms with Crippen LogP contribution in [0.1, 0.15) is 19.4 Å². The van der Waals surface area contributed by atoms with E-state index in [1.807, 2.05) is 0 Å². The van der Waals surface area contributed by atoms with Gasteiger partial charge in [0.25, 0.3) is 0 Å². The molecule has 0 aliphatic heterocycles. The van der Waals surface area contributed by atoms with Crippen molar-refractivity contribution in [3.63, 3.8) is 0 Å². The summed E-state index contributed by atoms with van der Waals surface area (Å²) < 4.78 is 0. The molecule has 7 heteroatoms. The predicted octanol–water partition coefficient (Wildman–Crippen LogP) is 0.680. The van der Waals surface area contributed by atoms with Crippen molar-refractivity contribution in [2.75, 3.05) is 0 Å². The highest BCUT2D eigenvalue weighted by Crippen LogP contribution is 2.29. The zero-order chi connectivity index (χ0) is 10.9. The van der Waals surface area contributed by atoms with Crippen molar-refractivity contribution < 1.29 is 14.8 Å². The second-order valence-electron chi connectivity index (χ2n) is 3.32. The van der Waals surface area contributed by atoms with Gasteiger partial charge in [0.1, 0.15) is 0 Å². The fraction of sp³-hybridized carbons (Fsp3) is 0.429. The number of rotatable bonds is 3. The van der Waals surface area contributed by atoms with Crippen molar-refractivity contribution in [3.8, 4) is 0 Å². The molecule has 0 saturated carbocycles. The van der Waals surface area contributed by atoms with E-state index in [1.165, 1.54) is 13.8 Å². The highest BCUT2D eigenvalue weighted by molar-refractivity contribution is 5.81. The van der Waals surface area contributed by atoms with Crippen LogP contribution in [-0.2, 0) is 10.2 Å². The molecule has 0 unspecified atom stereocenters. The number of carbonyl (C=O) groups is 1. The molecule has 0 aliphatic carbocycles. The molecule has 7 nitrogen and oxygen atoms in total. The first-order chi connectivity index (χ1) is 6.37. The van der Waals surface area contributed by atoms with Crippen molar-refractivity contribution >= 4 is 11.8 Å². The Labute approximate surface area is 78.9 Å². The topological polar surface area (TPSA) is 109 Å². The summed E-state index contributed by atoms with van der Waals surface area (Å²) in [6.07, 6.45) is 1.16. The highest BCUT2D eigenvalue weighted by atomic mass is 16.6. The molecule has 1 rings (SSSR count). The third kappa shape index (κ3) is 1.43. The second kappa shape index (κ2) is 3.09. The van der Waals surface area contributed by atoms with Gasteiger partial charge in [-0.25, -0.2) is 0 Å². The number of hydrogen-bond donors (Lipinski definition) is 2. The number of carboxylic acids is 1. The summed E-state index contributed by atoms with van der Waals surface area (Å²) in [4.78, 5) is 20.6. The van der Waals surface area contributed by atoms with Gasteiger partial charge in [-0.1, -0.05) is 5.10 Å². The summed E-state index contributed by atoms with van der Waals surface area (Å²) in [5.41, 5.74) is -1.26. The molecular formula is C7H9N3O4. The van der Waals surface area contributed by atoms with Crippen molar-refractivity contribution in [1.29, 1.82) is 0 Å². The van der Waals surface area contributed by atoms with Crippen LogP contribution in [0.3, 0.4) is 0 Å². The number of carboxylic acid groups (broad SMARTS) is 1. The minimum absolute atomic E-state index is 0.0648. The summed E-state index contributed by atoms with van der Waals surface area (Å²) in [5, 5.41) is 25.0. The molecule has 2 N–H and O–H groups in total. The lowest BCUT2D eigenvalue weighted by Gasteiger charge is -2.15. The van der Waals surface area contributed by atoms with Gasteiger partial charge in [0, 0.05) is 0 Å². The van der Waals surface area contributed by atoms with Crippen LogP contribution in [-0.4, -0.2) is 26.2 Å². The maximum Gasteiger partial charge on any atom is 0.346 e. The molecule has 0 atom stereocenters. The van der Waals surface area contributed by atoms with Crippen LogP contribution in [0.5, 0.6) is 0 Å². The lowest BCUT2D eigenvalue weighted by Crippen LogP contribution is -2.28. The maximum atomic E-state index is 10.8. The van der Waals surface area contributed by atoms with E-state index in [1.54, 1.807) is 0 Å². The minimum atomic E-state index is -1.32. The maximum absolute atomic E-state index is 10.8. The average Bonchev–Trinajstić information content (AvgIpc) is 2.51. The number of hydrogen-bond acceptors (Lipinski definition) is 4. The van der Waals surface area contributed by atoms with Crippen LogP contribution in [0.2, 0.25) is 0 Å². The number of aromatic nitrogens is 2. The first-order valence-electron chi connectivity index (χ1n) is 3.79. The lowest BCUT2D eigenvalue weighted by atomic mass is 9.86. The molecule has 1 heterocycles. The molecule has 0 fully saturated rings. The van der Waals surface area contributed by atoms with Gasteiger partial charge in [0.2, 0.25) is 0 Å². The van der Waals surface area contributed by atoms with Crippen molar-refractivity contribution in [2.45, 2.75) is 19.3 Å². The Morgan fingerprint density at radius 1 is 1.71 bits per heavy atom. The molecule has 0 amide bonds. The van der Waals surface area contributed by atoms with E-state index in [0.29, 0.717) is 0 Å². The van der Waals surface area contributed by atoms with Gasteiger partial charge in [-0.05, 0) is 18.8 Å². The molecule has 0 bridgehead atoms.